The molecule has 1 amide bonds. The summed E-state index contributed by atoms with van der Waals surface area (Å²) in [5.74, 6) is 0.368. The van der Waals surface area contributed by atoms with Crippen LogP contribution in [-0.2, 0) is 4.79 Å². The fourth-order valence-electron chi connectivity index (χ4n) is 2.57. The van der Waals surface area contributed by atoms with Crippen LogP contribution in [0.1, 0.15) is 25.3 Å². The van der Waals surface area contributed by atoms with Gasteiger partial charge in [-0.15, -0.1) is 0 Å². The number of carbonyl (C=O) groups excluding carboxylic acids is 1. The number of hydrogen-bond donors (Lipinski definition) is 1. The van der Waals surface area contributed by atoms with Crippen LogP contribution in [0.15, 0.2) is 24.3 Å². The van der Waals surface area contributed by atoms with Crippen molar-refractivity contribution in [3.05, 3.63) is 29.8 Å². The Balaban J connectivity index is 2.21. The van der Waals surface area contributed by atoms with Crippen molar-refractivity contribution in [2.45, 2.75) is 25.8 Å². The summed E-state index contributed by atoms with van der Waals surface area (Å²) in [6.07, 6.45) is 2.18. The van der Waals surface area contributed by atoms with Gasteiger partial charge in [0.1, 0.15) is 6.07 Å². The molecule has 1 aliphatic heterocycles. The van der Waals surface area contributed by atoms with Crippen LogP contribution in [-0.4, -0.2) is 25.5 Å². The number of anilines is 1. The first-order valence-electron chi connectivity index (χ1n) is 6.65. The summed E-state index contributed by atoms with van der Waals surface area (Å²) >= 11 is 0. The first-order valence-corrected chi connectivity index (χ1v) is 6.65. The van der Waals surface area contributed by atoms with Gasteiger partial charge in [-0.05, 0) is 37.4 Å². The lowest BCUT2D eigenvalue weighted by molar-refractivity contribution is -0.121. The summed E-state index contributed by atoms with van der Waals surface area (Å²) in [5, 5.41) is 12.4. The van der Waals surface area contributed by atoms with E-state index in [0.717, 1.165) is 19.4 Å². The summed E-state index contributed by atoms with van der Waals surface area (Å²) in [6.45, 7) is 2.98. The maximum atomic E-state index is 12.5. The monoisotopic (exact) mass is 257 g/mol. The van der Waals surface area contributed by atoms with Gasteiger partial charge in [-0.25, -0.2) is 0 Å². The van der Waals surface area contributed by atoms with Crippen LogP contribution in [0.3, 0.4) is 0 Å². The quantitative estimate of drug-likeness (QED) is 0.880. The minimum Gasteiger partial charge on any atom is -0.313 e. The number of benzene rings is 1. The molecule has 1 fully saturated rings. The van der Waals surface area contributed by atoms with E-state index in [-0.39, 0.29) is 11.9 Å². The minimum atomic E-state index is -0.148. The normalized spacial score (nSPS) is 22.6. The Morgan fingerprint density at radius 2 is 2.21 bits per heavy atom. The van der Waals surface area contributed by atoms with Gasteiger partial charge in [0.2, 0.25) is 5.91 Å². The van der Waals surface area contributed by atoms with Gasteiger partial charge in [-0.1, -0.05) is 19.1 Å². The zero-order valence-electron chi connectivity index (χ0n) is 11.4. The molecule has 0 radical (unpaired) electrons. The van der Waals surface area contributed by atoms with Crippen molar-refractivity contribution in [2.75, 3.05) is 18.5 Å². The molecule has 0 aromatic heterocycles. The molecule has 100 valence electrons. The molecule has 2 rings (SSSR count). The molecule has 4 nitrogen and oxygen atoms in total. The lowest BCUT2D eigenvalue weighted by Crippen LogP contribution is -2.51. The molecule has 0 aliphatic carbocycles. The van der Waals surface area contributed by atoms with Crippen molar-refractivity contribution in [2.24, 2.45) is 5.92 Å². The van der Waals surface area contributed by atoms with E-state index in [4.69, 9.17) is 5.26 Å². The average molecular weight is 257 g/mol. The molecule has 0 bridgehead atoms. The van der Waals surface area contributed by atoms with Crippen LogP contribution < -0.4 is 10.2 Å². The predicted molar refractivity (Wildman–Crippen MR) is 74.8 cm³/mol. The Hall–Kier alpha value is -1.86. The van der Waals surface area contributed by atoms with Crippen molar-refractivity contribution in [1.29, 1.82) is 5.26 Å². The lowest BCUT2D eigenvalue weighted by Gasteiger charge is -2.32. The molecule has 1 heterocycles. The summed E-state index contributed by atoms with van der Waals surface area (Å²) < 4.78 is 0. The number of hydrogen-bond acceptors (Lipinski definition) is 3. The fraction of sp³-hybridized carbons (Fsp3) is 0.467. The topological polar surface area (TPSA) is 56.1 Å². The Morgan fingerprint density at radius 1 is 1.47 bits per heavy atom. The number of likely N-dealkylation sites (N-methyl/N-ethyl adjacent to an activating group) is 1. The zero-order valence-corrected chi connectivity index (χ0v) is 11.4. The second-order valence-corrected chi connectivity index (χ2v) is 5.08. The van der Waals surface area contributed by atoms with Gasteiger partial charge in [0, 0.05) is 7.05 Å². The molecule has 1 aromatic rings. The number of nitrogens with one attached hydrogen (secondary N) is 1. The number of amides is 1. The summed E-state index contributed by atoms with van der Waals surface area (Å²) in [6, 6.07) is 9.18. The molecule has 4 heteroatoms. The van der Waals surface area contributed by atoms with Crippen LogP contribution in [0.4, 0.5) is 5.69 Å². The SMILES string of the molecule is CC1CCCNC1C(=O)N(C)c1ccccc1C#N. The zero-order chi connectivity index (χ0) is 13.8. The highest BCUT2D eigenvalue weighted by Gasteiger charge is 2.30. The lowest BCUT2D eigenvalue weighted by atomic mass is 9.91. The maximum absolute atomic E-state index is 12.5. The summed E-state index contributed by atoms with van der Waals surface area (Å²) in [5.41, 5.74) is 1.20. The number of rotatable bonds is 2. The summed E-state index contributed by atoms with van der Waals surface area (Å²) in [4.78, 5) is 14.1. The van der Waals surface area contributed by atoms with Gasteiger partial charge >= 0.3 is 0 Å². The Labute approximate surface area is 114 Å². The standard InChI is InChI=1S/C15H19N3O/c1-11-6-5-9-17-14(11)15(19)18(2)13-8-4-3-7-12(13)10-16/h3-4,7-8,11,14,17H,5-6,9H2,1-2H3. The molecular formula is C15H19N3O. The van der Waals surface area contributed by atoms with Gasteiger partial charge in [-0.2, -0.15) is 5.26 Å². The third-order valence-corrected chi connectivity index (χ3v) is 3.75. The highest BCUT2D eigenvalue weighted by Crippen LogP contribution is 2.22. The molecule has 2 unspecified atom stereocenters. The molecule has 0 spiro atoms. The molecule has 1 aromatic carbocycles. The third kappa shape index (κ3) is 2.77. The predicted octanol–water partition coefficient (Wildman–Crippen LogP) is 1.91. The largest absolute Gasteiger partial charge is 0.313 e. The van der Waals surface area contributed by atoms with Crippen LogP contribution >= 0.6 is 0 Å². The Morgan fingerprint density at radius 3 is 2.89 bits per heavy atom. The Bertz CT molecular complexity index is 506. The fourth-order valence-corrected chi connectivity index (χ4v) is 2.57. The van der Waals surface area contributed by atoms with Crippen LogP contribution in [0.5, 0.6) is 0 Å². The molecule has 0 saturated carbocycles. The summed E-state index contributed by atoms with van der Waals surface area (Å²) in [7, 11) is 1.74. The van der Waals surface area contributed by atoms with Crippen molar-refractivity contribution in [3.63, 3.8) is 0 Å². The number of para-hydroxylation sites is 1. The smallest absolute Gasteiger partial charge is 0.244 e. The van der Waals surface area contributed by atoms with E-state index >= 15 is 0 Å². The van der Waals surface area contributed by atoms with Crippen molar-refractivity contribution in [3.8, 4) is 6.07 Å². The number of piperidine rings is 1. The van der Waals surface area contributed by atoms with Gasteiger partial charge in [0.15, 0.2) is 0 Å². The van der Waals surface area contributed by atoms with Crippen LogP contribution in [0.25, 0.3) is 0 Å². The Kier molecular flexibility index (Phi) is 4.18. The van der Waals surface area contributed by atoms with E-state index in [9.17, 15) is 4.79 Å². The first kappa shape index (κ1) is 13.6. The molecule has 1 aliphatic rings. The molecule has 1 N–H and O–H groups in total. The molecule has 19 heavy (non-hydrogen) atoms. The van der Waals surface area contributed by atoms with E-state index < -0.39 is 0 Å². The van der Waals surface area contributed by atoms with Gasteiger partial charge in [0.25, 0.3) is 0 Å². The first-order chi connectivity index (χ1) is 9.15. The van der Waals surface area contributed by atoms with E-state index in [1.54, 1.807) is 18.0 Å². The maximum Gasteiger partial charge on any atom is 0.244 e. The van der Waals surface area contributed by atoms with E-state index in [0.29, 0.717) is 17.2 Å². The van der Waals surface area contributed by atoms with Crippen LogP contribution in [0.2, 0.25) is 0 Å². The highest BCUT2D eigenvalue weighted by atomic mass is 16.2. The van der Waals surface area contributed by atoms with Gasteiger partial charge in [-0.3, -0.25) is 4.79 Å². The second-order valence-electron chi connectivity index (χ2n) is 5.08. The van der Waals surface area contributed by atoms with E-state index in [1.165, 1.54) is 0 Å². The average Bonchev–Trinajstić information content (AvgIpc) is 2.46. The molecule has 2 atom stereocenters. The van der Waals surface area contributed by atoms with Gasteiger partial charge < -0.3 is 10.2 Å². The minimum absolute atomic E-state index is 0.0369. The number of nitriles is 1. The highest BCUT2D eigenvalue weighted by molar-refractivity contribution is 5.98. The van der Waals surface area contributed by atoms with Gasteiger partial charge in [0.05, 0.1) is 17.3 Å². The van der Waals surface area contributed by atoms with E-state index in [2.05, 4.69) is 18.3 Å². The van der Waals surface area contributed by atoms with Crippen molar-refractivity contribution >= 4 is 11.6 Å². The number of nitrogens with zero attached hydrogens (tertiary/aromatic N) is 2. The third-order valence-electron chi connectivity index (χ3n) is 3.75. The van der Waals surface area contributed by atoms with Crippen molar-refractivity contribution < 1.29 is 4.79 Å². The number of carbonyl (C=O) groups is 1. The van der Waals surface area contributed by atoms with Crippen molar-refractivity contribution in [1.82, 2.24) is 5.32 Å². The van der Waals surface area contributed by atoms with Crippen LogP contribution in [0, 0.1) is 17.2 Å². The molecular weight excluding hydrogens is 238 g/mol. The van der Waals surface area contributed by atoms with E-state index in [1.807, 2.05) is 18.2 Å². The second kappa shape index (κ2) is 5.85. The molecule has 1 saturated heterocycles.